The molecule has 4 rings (SSSR count). The van der Waals surface area contributed by atoms with Gasteiger partial charge in [-0.3, -0.25) is 14.5 Å². The molecule has 164 valence electrons. The Kier molecular flexibility index (Phi) is 7.23. The molecule has 1 N–H and O–H groups in total. The minimum Gasteiger partial charge on any atom is -0.494 e. The smallest absolute Gasteiger partial charge is 0.224 e. The highest BCUT2D eigenvalue weighted by molar-refractivity contribution is 5.94. The number of rotatable bonds is 8. The minimum atomic E-state index is 0.0714. The highest BCUT2D eigenvalue weighted by Gasteiger charge is 2.21. The molecule has 7 nitrogen and oxygen atoms in total. The van der Waals surface area contributed by atoms with Crippen LogP contribution in [0.4, 0.5) is 5.69 Å². The van der Waals surface area contributed by atoms with Crippen molar-refractivity contribution < 1.29 is 14.3 Å². The summed E-state index contributed by atoms with van der Waals surface area (Å²) >= 11 is 0. The van der Waals surface area contributed by atoms with Crippen molar-refractivity contribution in [1.29, 1.82) is 0 Å². The molecular weight excluding hydrogens is 380 g/mol. The Hall–Kier alpha value is -2.12. The van der Waals surface area contributed by atoms with Gasteiger partial charge in [-0.2, -0.15) is 0 Å². The second kappa shape index (κ2) is 10.3. The van der Waals surface area contributed by atoms with Crippen LogP contribution in [0.2, 0.25) is 0 Å². The number of benzene rings is 1. The summed E-state index contributed by atoms with van der Waals surface area (Å²) in [4.78, 5) is 31.0. The molecule has 7 heteroatoms. The van der Waals surface area contributed by atoms with Gasteiger partial charge in [0.25, 0.3) is 0 Å². The zero-order valence-electron chi connectivity index (χ0n) is 17.9. The monoisotopic (exact) mass is 414 g/mol. The number of amides is 2. The maximum absolute atomic E-state index is 12.5. The van der Waals surface area contributed by atoms with Crippen LogP contribution in [-0.4, -0.2) is 85.5 Å². The summed E-state index contributed by atoms with van der Waals surface area (Å²) in [6.07, 6.45) is 5.22. The molecule has 3 heterocycles. The number of piperazine rings is 1. The van der Waals surface area contributed by atoms with Gasteiger partial charge in [-0.1, -0.05) is 0 Å². The van der Waals surface area contributed by atoms with Crippen LogP contribution < -0.4 is 10.1 Å². The Morgan fingerprint density at radius 3 is 2.47 bits per heavy atom. The third-order valence-corrected chi connectivity index (χ3v) is 6.43. The molecule has 3 aliphatic heterocycles. The first-order valence-corrected chi connectivity index (χ1v) is 11.5. The highest BCUT2D eigenvalue weighted by Crippen LogP contribution is 2.26. The number of hydrogen-bond acceptors (Lipinski definition) is 5. The van der Waals surface area contributed by atoms with Gasteiger partial charge in [0.2, 0.25) is 11.8 Å². The normalized spacial score (nSPS) is 20.1. The third kappa shape index (κ3) is 5.73. The van der Waals surface area contributed by atoms with E-state index in [1.54, 1.807) is 0 Å². The fourth-order valence-corrected chi connectivity index (χ4v) is 4.53. The topological polar surface area (TPSA) is 65.1 Å². The van der Waals surface area contributed by atoms with E-state index in [9.17, 15) is 9.59 Å². The van der Waals surface area contributed by atoms with Crippen LogP contribution in [0.1, 0.15) is 37.7 Å². The lowest BCUT2D eigenvalue weighted by Gasteiger charge is -2.35. The number of nitrogens with zero attached hydrogens (tertiary/aromatic N) is 3. The van der Waals surface area contributed by atoms with E-state index in [-0.39, 0.29) is 11.8 Å². The Morgan fingerprint density at radius 1 is 0.967 bits per heavy atom. The zero-order valence-corrected chi connectivity index (χ0v) is 17.9. The maximum atomic E-state index is 12.5. The maximum Gasteiger partial charge on any atom is 0.224 e. The predicted molar refractivity (Wildman–Crippen MR) is 117 cm³/mol. The van der Waals surface area contributed by atoms with Crippen molar-refractivity contribution in [3.05, 3.63) is 23.8 Å². The van der Waals surface area contributed by atoms with Crippen molar-refractivity contribution in [3.63, 3.8) is 0 Å². The summed E-state index contributed by atoms with van der Waals surface area (Å²) in [7, 11) is 0. The molecular formula is C23H34N4O3. The molecule has 2 saturated heterocycles. The Labute approximate surface area is 179 Å². The summed E-state index contributed by atoms with van der Waals surface area (Å²) in [5, 5.41) is 2.88. The van der Waals surface area contributed by atoms with Gasteiger partial charge in [0.05, 0.1) is 6.61 Å². The molecule has 1 aromatic carbocycles. The number of carbonyl (C=O) groups is 2. The van der Waals surface area contributed by atoms with Crippen molar-refractivity contribution in [2.75, 3.05) is 64.3 Å². The van der Waals surface area contributed by atoms with Crippen LogP contribution in [0.5, 0.6) is 5.75 Å². The molecule has 0 saturated carbocycles. The summed E-state index contributed by atoms with van der Waals surface area (Å²) in [5.74, 6) is 1.12. The molecule has 2 fully saturated rings. The standard InChI is InChI=1S/C23H34N4O3/c28-22-8-5-19-18-20(6-7-21(19)24-22)30-17-3-4-23(29)27-15-13-26(14-16-27)12-11-25-9-1-2-10-25/h6-7,18H,1-5,8-17H2,(H,24,28). The molecule has 30 heavy (non-hydrogen) atoms. The lowest BCUT2D eigenvalue weighted by atomic mass is 10.0. The van der Waals surface area contributed by atoms with E-state index in [1.807, 2.05) is 23.1 Å². The molecule has 0 unspecified atom stereocenters. The second-order valence-electron chi connectivity index (χ2n) is 8.59. The van der Waals surface area contributed by atoms with E-state index >= 15 is 0 Å². The van der Waals surface area contributed by atoms with Gasteiger partial charge < -0.3 is 19.9 Å². The van der Waals surface area contributed by atoms with Crippen LogP contribution in [0, 0.1) is 0 Å². The van der Waals surface area contributed by atoms with Crippen LogP contribution in [0.15, 0.2) is 18.2 Å². The summed E-state index contributed by atoms with van der Waals surface area (Å²) in [6, 6.07) is 5.78. The lowest BCUT2D eigenvalue weighted by Crippen LogP contribution is -2.50. The summed E-state index contributed by atoms with van der Waals surface area (Å²) < 4.78 is 5.84. The van der Waals surface area contributed by atoms with Gasteiger partial charge in [-0.15, -0.1) is 0 Å². The highest BCUT2D eigenvalue weighted by atomic mass is 16.5. The number of fused-ring (bicyclic) bond motifs is 1. The number of nitrogens with one attached hydrogen (secondary N) is 1. The number of likely N-dealkylation sites (tertiary alicyclic amines) is 1. The van der Waals surface area contributed by atoms with Gasteiger partial charge in [-0.05, 0) is 62.5 Å². The summed E-state index contributed by atoms with van der Waals surface area (Å²) in [6.45, 7) is 8.99. The van der Waals surface area contributed by atoms with Crippen LogP contribution in [-0.2, 0) is 16.0 Å². The van der Waals surface area contributed by atoms with Crippen molar-refractivity contribution >= 4 is 17.5 Å². The van der Waals surface area contributed by atoms with E-state index in [2.05, 4.69) is 15.1 Å². The molecule has 0 aliphatic carbocycles. The van der Waals surface area contributed by atoms with E-state index < -0.39 is 0 Å². The quantitative estimate of drug-likeness (QED) is 0.659. The van der Waals surface area contributed by atoms with Gasteiger partial charge in [0, 0.05) is 57.8 Å². The molecule has 0 bridgehead atoms. The minimum absolute atomic E-state index is 0.0714. The first-order chi connectivity index (χ1) is 14.7. The largest absolute Gasteiger partial charge is 0.494 e. The number of aryl methyl sites for hydroxylation is 1. The van der Waals surface area contributed by atoms with Crippen LogP contribution in [0.25, 0.3) is 0 Å². The third-order valence-electron chi connectivity index (χ3n) is 6.43. The van der Waals surface area contributed by atoms with Crippen LogP contribution in [0.3, 0.4) is 0 Å². The number of ether oxygens (including phenoxy) is 1. The van der Waals surface area contributed by atoms with Crippen molar-refractivity contribution in [2.24, 2.45) is 0 Å². The molecule has 0 radical (unpaired) electrons. The fraction of sp³-hybridized carbons (Fsp3) is 0.652. The summed E-state index contributed by atoms with van der Waals surface area (Å²) in [5.41, 5.74) is 2.00. The Morgan fingerprint density at radius 2 is 1.70 bits per heavy atom. The van der Waals surface area contributed by atoms with E-state index in [4.69, 9.17) is 4.74 Å². The first kappa shape index (κ1) is 21.1. The predicted octanol–water partition coefficient (Wildman–Crippen LogP) is 1.97. The molecule has 0 aromatic heterocycles. The van der Waals surface area contributed by atoms with E-state index in [0.29, 0.717) is 19.4 Å². The number of carbonyl (C=O) groups excluding carboxylic acids is 2. The van der Waals surface area contributed by atoms with E-state index in [0.717, 1.165) is 62.6 Å². The SMILES string of the molecule is O=C1CCc2cc(OCCCC(=O)N3CCN(CCN4CCCC4)CC3)ccc2N1. The lowest BCUT2D eigenvalue weighted by molar-refractivity contribution is -0.133. The average molecular weight is 415 g/mol. The van der Waals surface area contributed by atoms with E-state index in [1.165, 1.54) is 32.5 Å². The average Bonchev–Trinajstić information content (AvgIpc) is 3.29. The van der Waals surface area contributed by atoms with Crippen molar-refractivity contribution in [1.82, 2.24) is 14.7 Å². The molecule has 1 aromatic rings. The second-order valence-corrected chi connectivity index (χ2v) is 8.59. The molecule has 0 spiro atoms. The first-order valence-electron chi connectivity index (χ1n) is 11.5. The van der Waals surface area contributed by atoms with Gasteiger partial charge >= 0.3 is 0 Å². The molecule has 0 atom stereocenters. The van der Waals surface area contributed by atoms with Crippen molar-refractivity contribution in [2.45, 2.75) is 38.5 Å². The van der Waals surface area contributed by atoms with Gasteiger partial charge in [-0.25, -0.2) is 0 Å². The Bertz CT molecular complexity index is 740. The fourth-order valence-electron chi connectivity index (χ4n) is 4.53. The van der Waals surface area contributed by atoms with Gasteiger partial charge in [0.15, 0.2) is 0 Å². The van der Waals surface area contributed by atoms with Gasteiger partial charge in [0.1, 0.15) is 5.75 Å². The Balaban J connectivity index is 1.11. The zero-order chi connectivity index (χ0) is 20.8. The van der Waals surface area contributed by atoms with Crippen LogP contribution >= 0.6 is 0 Å². The van der Waals surface area contributed by atoms with Crippen molar-refractivity contribution in [3.8, 4) is 5.75 Å². The number of hydrogen-bond donors (Lipinski definition) is 1. The number of anilines is 1. The molecule has 3 aliphatic rings. The molecule has 2 amide bonds.